The van der Waals surface area contributed by atoms with Gasteiger partial charge in [-0.3, -0.25) is 14.5 Å². The first-order valence-corrected chi connectivity index (χ1v) is 9.53. The average molecular weight is 435 g/mol. The molecule has 0 bridgehead atoms. The normalized spacial score (nSPS) is 10.3. The van der Waals surface area contributed by atoms with E-state index in [9.17, 15) is 13.2 Å². The third kappa shape index (κ3) is 8.13. The molecule has 27 heavy (non-hydrogen) atoms. The zero-order chi connectivity index (χ0) is 18.1. The van der Waals surface area contributed by atoms with Crippen LogP contribution >= 0.6 is 24.8 Å². The van der Waals surface area contributed by atoms with E-state index in [4.69, 9.17) is 0 Å². The maximum Gasteiger partial charge on any atom is 0.261 e. The van der Waals surface area contributed by atoms with Crippen LogP contribution in [0.4, 0.5) is 5.69 Å². The second-order valence-electron chi connectivity index (χ2n) is 5.37. The van der Waals surface area contributed by atoms with Crippen LogP contribution in [0.3, 0.4) is 0 Å². The van der Waals surface area contributed by atoms with Gasteiger partial charge >= 0.3 is 0 Å². The first kappa shape index (κ1) is 25.1. The monoisotopic (exact) mass is 434 g/mol. The summed E-state index contributed by atoms with van der Waals surface area (Å²) in [6.07, 6.45) is 4.04. The molecule has 1 heterocycles. The number of amides is 1. The Balaban J connectivity index is 0.00000338. The second-order valence-corrected chi connectivity index (χ2v) is 7.05. The molecule has 10 heteroatoms. The molecule has 0 saturated carbocycles. The lowest BCUT2D eigenvalue weighted by atomic mass is 10.2. The standard InChI is InChI=1S/C17H22N4O3S.2ClH/c1-2-9-18-12-13-20-17(22)14-3-5-16(6-4-14)25(23,24)21-15-7-10-19-11-8-15;;/h3-8,10-11,18H,2,9,12-13H2,1H3,(H,19,21)(H,20,22);2*1H. The van der Waals surface area contributed by atoms with Crippen LogP contribution in [0, 0.1) is 0 Å². The predicted octanol–water partition coefficient (Wildman–Crippen LogP) is 2.46. The Morgan fingerprint density at radius 3 is 2.19 bits per heavy atom. The van der Waals surface area contributed by atoms with E-state index in [1.54, 1.807) is 12.1 Å². The first-order chi connectivity index (χ1) is 12.0. The Labute approximate surface area is 172 Å². The van der Waals surface area contributed by atoms with Gasteiger partial charge in [0.1, 0.15) is 0 Å². The van der Waals surface area contributed by atoms with E-state index in [0.717, 1.165) is 13.0 Å². The molecule has 0 spiro atoms. The number of rotatable bonds is 9. The molecule has 0 aliphatic carbocycles. The molecule has 2 aromatic rings. The summed E-state index contributed by atoms with van der Waals surface area (Å²) < 4.78 is 27.1. The van der Waals surface area contributed by atoms with Gasteiger partial charge in [0.25, 0.3) is 15.9 Å². The van der Waals surface area contributed by atoms with Crippen molar-refractivity contribution in [3.63, 3.8) is 0 Å². The molecular weight excluding hydrogens is 411 g/mol. The highest BCUT2D eigenvalue weighted by atomic mass is 35.5. The Kier molecular flexibility index (Phi) is 11.6. The number of hydrogen-bond donors (Lipinski definition) is 3. The lowest BCUT2D eigenvalue weighted by Crippen LogP contribution is -2.32. The van der Waals surface area contributed by atoms with Gasteiger partial charge in [0.05, 0.1) is 10.6 Å². The van der Waals surface area contributed by atoms with E-state index in [-0.39, 0.29) is 35.6 Å². The number of aromatic nitrogens is 1. The second kappa shape index (κ2) is 12.5. The number of carbonyl (C=O) groups is 1. The molecule has 0 fully saturated rings. The summed E-state index contributed by atoms with van der Waals surface area (Å²) in [4.78, 5) is 15.9. The molecule has 0 unspecified atom stereocenters. The van der Waals surface area contributed by atoms with Gasteiger partial charge in [-0.25, -0.2) is 8.42 Å². The lowest BCUT2D eigenvalue weighted by molar-refractivity contribution is 0.0954. The van der Waals surface area contributed by atoms with E-state index >= 15 is 0 Å². The summed E-state index contributed by atoms with van der Waals surface area (Å²) in [5.74, 6) is -0.232. The van der Waals surface area contributed by atoms with Crippen molar-refractivity contribution in [2.75, 3.05) is 24.4 Å². The quantitative estimate of drug-likeness (QED) is 0.526. The van der Waals surface area contributed by atoms with Crippen molar-refractivity contribution in [2.24, 2.45) is 0 Å². The number of nitrogens with zero attached hydrogens (tertiary/aromatic N) is 1. The van der Waals surface area contributed by atoms with Gasteiger partial charge in [0.2, 0.25) is 0 Å². The molecule has 1 aromatic carbocycles. The highest BCUT2D eigenvalue weighted by Crippen LogP contribution is 2.15. The smallest absolute Gasteiger partial charge is 0.261 e. The highest BCUT2D eigenvalue weighted by Gasteiger charge is 2.15. The number of nitrogens with one attached hydrogen (secondary N) is 3. The Hall–Kier alpha value is -1.87. The number of carbonyl (C=O) groups excluding carboxylic acids is 1. The minimum atomic E-state index is -3.70. The number of hydrogen-bond acceptors (Lipinski definition) is 5. The maximum absolute atomic E-state index is 12.3. The molecular formula is C17H24Cl2N4O3S. The highest BCUT2D eigenvalue weighted by molar-refractivity contribution is 7.92. The largest absolute Gasteiger partial charge is 0.351 e. The van der Waals surface area contributed by atoms with Crippen LogP contribution in [0.5, 0.6) is 0 Å². The summed E-state index contributed by atoms with van der Waals surface area (Å²) in [5.41, 5.74) is 0.842. The van der Waals surface area contributed by atoms with Gasteiger partial charge in [-0.05, 0) is 49.4 Å². The third-order valence-corrected chi connectivity index (χ3v) is 4.77. The summed E-state index contributed by atoms with van der Waals surface area (Å²) in [7, 11) is -3.70. The molecule has 0 aliphatic heterocycles. The molecule has 3 N–H and O–H groups in total. The molecule has 0 aliphatic rings. The van der Waals surface area contributed by atoms with Gasteiger partial charge in [0.15, 0.2) is 0 Å². The maximum atomic E-state index is 12.3. The van der Waals surface area contributed by atoms with Gasteiger partial charge in [-0.15, -0.1) is 24.8 Å². The Morgan fingerprint density at radius 2 is 1.59 bits per heavy atom. The molecule has 2 rings (SSSR count). The van der Waals surface area contributed by atoms with Crippen LogP contribution in [0.25, 0.3) is 0 Å². The first-order valence-electron chi connectivity index (χ1n) is 8.05. The van der Waals surface area contributed by atoms with Crippen LogP contribution in [0.15, 0.2) is 53.7 Å². The van der Waals surface area contributed by atoms with Crippen LogP contribution in [0.2, 0.25) is 0 Å². The minimum absolute atomic E-state index is 0. The van der Waals surface area contributed by atoms with Crippen LogP contribution in [0.1, 0.15) is 23.7 Å². The number of benzene rings is 1. The number of halogens is 2. The molecule has 0 saturated heterocycles. The summed E-state index contributed by atoms with van der Waals surface area (Å²) in [6.45, 7) is 4.20. The van der Waals surface area contributed by atoms with E-state index in [2.05, 4.69) is 27.3 Å². The van der Waals surface area contributed by atoms with Gasteiger partial charge < -0.3 is 10.6 Å². The van der Waals surface area contributed by atoms with Gasteiger partial charge in [-0.2, -0.15) is 0 Å². The van der Waals surface area contributed by atoms with E-state index in [1.165, 1.54) is 36.7 Å². The van der Waals surface area contributed by atoms with Crippen molar-refractivity contribution in [1.82, 2.24) is 15.6 Å². The molecule has 1 amide bonds. The van der Waals surface area contributed by atoms with Crippen LogP contribution in [-0.4, -0.2) is 38.9 Å². The topological polar surface area (TPSA) is 100 Å². The molecule has 0 radical (unpaired) electrons. The third-order valence-electron chi connectivity index (χ3n) is 3.37. The van der Waals surface area contributed by atoms with Crippen LogP contribution < -0.4 is 15.4 Å². The number of sulfonamides is 1. The van der Waals surface area contributed by atoms with E-state index in [0.29, 0.717) is 24.3 Å². The van der Waals surface area contributed by atoms with Gasteiger partial charge in [0, 0.05) is 31.0 Å². The zero-order valence-electron chi connectivity index (χ0n) is 14.8. The van der Waals surface area contributed by atoms with Crippen molar-refractivity contribution in [3.05, 3.63) is 54.4 Å². The van der Waals surface area contributed by atoms with Crippen molar-refractivity contribution in [2.45, 2.75) is 18.2 Å². The van der Waals surface area contributed by atoms with E-state index in [1.807, 2.05) is 0 Å². The molecule has 1 aromatic heterocycles. The molecule has 0 atom stereocenters. The number of anilines is 1. The molecule has 150 valence electrons. The van der Waals surface area contributed by atoms with Crippen molar-refractivity contribution in [3.8, 4) is 0 Å². The number of pyridine rings is 1. The summed E-state index contributed by atoms with van der Waals surface area (Å²) in [6, 6.07) is 8.94. The van der Waals surface area contributed by atoms with Crippen LogP contribution in [-0.2, 0) is 10.0 Å². The fraction of sp³-hybridized carbons (Fsp3) is 0.294. The molecule has 7 nitrogen and oxygen atoms in total. The SMILES string of the molecule is CCCNCCNC(=O)c1ccc(S(=O)(=O)Nc2ccncc2)cc1.Cl.Cl. The average Bonchev–Trinajstić information content (AvgIpc) is 2.62. The summed E-state index contributed by atoms with van der Waals surface area (Å²) >= 11 is 0. The summed E-state index contributed by atoms with van der Waals surface area (Å²) in [5, 5.41) is 5.97. The zero-order valence-corrected chi connectivity index (χ0v) is 17.3. The lowest BCUT2D eigenvalue weighted by Gasteiger charge is -2.09. The Morgan fingerprint density at radius 1 is 0.963 bits per heavy atom. The van der Waals surface area contributed by atoms with Gasteiger partial charge in [-0.1, -0.05) is 6.92 Å². The van der Waals surface area contributed by atoms with Crippen molar-refractivity contribution >= 4 is 46.4 Å². The fourth-order valence-electron chi connectivity index (χ4n) is 2.09. The fourth-order valence-corrected chi connectivity index (χ4v) is 3.15. The van der Waals surface area contributed by atoms with Crippen molar-refractivity contribution < 1.29 is 13.2 Å². The van der Waals surface area contributed by atoms with Crippen molar-refractivity contribution in [1.29, 1.82) is 0 Å². The minimum Gasteiger partial charge on any atom is -0.351 e. The predicted molar refractivity (Wildman–Crippen MR) is 111 cm³/mol. The Bertz CT molecular complexity index is 788. The van der Waals surface area contributed by atoms with E-state index < -0.39 is 10.0 Å².